The Morgan fingerprint density at radius 1 is 1.00 bits per heavy atom. The maximum absolute atomic E-state index is 3.93. The number of allylic oxidation sites excluding steroid dienone is 1. The van der Waals surface area contributed by atoms with Crippen molar-refractivity contribution in [2.75, 3.05) is 0 Å². The van der Waals surface area contributed by atoms with Gasteiger partial charge in [0, 0.05) is 0 Å². The van der Waals surface area contributed by atoms with Crippen molar-refractivity contribution in [2.45, 2.75) is 13.1 Å². The molecule has 0 unspecified atom stereocenters. The van der Waals surface area contributed by atoms with Crippen LogP contribution in [0.25, 0.3) is 25.3 Å². The first kappa shape index (κ1) is 24.7. The van der Waals surface area contributed by atoms with E-state index in [1.165, 1.54) is 0 Å². The van der Waals surface area contributed by atoms with Crippen LogP contribution in [-0.2, 0) is 23.3 Å². The number of halogens is 2. The van der Waals surface area contributed by atoms with Crippen molar-refractivity contribution in [1.29, 1.82) is 0 Å². The van der Waals surface area contributed by atoms with E-state index in [0.29, 0.717) is 0 Å². The predicted molar refractivity (Wildman–Crippen MR) is 92.5 cm³/mol. The minimum Gasteiger partial charge on any atom is -1.00 e. The third-order valence-corrected chi connectivity index (χ3v) is 2.58. The summed E-state index contributed by atoms with van der Waals surface area (Å²) in [5.41, 5.74) is 1.12. The molecule has 0 bridgehead atoms. The maximum atomic E-state index is 3.93. The molecule has 0 nitrogen and oxygen atoms in total. The minimum atomic E-state index is 0. The topological polar surface area (TPSA) is 0 Å². The average Bonchev–Trinajstić information content (AvgIpc) is 3.05. The fourth-order valence-electron chi connectivity index (χ4n) is 1.71. The van der Waals surface area contributed by atoms with E-state index < -0.39 is 0 Å². The molecule has 0 fully saturated rings. The van der Waals surface area contributed by atoms with Crippen molar-refractivity contribution in [1.82, 2.24) is 0 Å². The summed E-state index contributed by atoms with van der Waals surface area (Å²) in [6.45, 7) is 16.3. The van der Waals surface area contributed by atoms with Crippen molar-refractivity contribution >= 4 is 30.7 Å². The molecule has 2 aromatic rings. The van der Waals surface area contributed by atoms with Crippen LogP contribution in [0, 0.1) is 0 Å². The SMILES string of the molecule is C=C1[C-]=c2c(=C)ccc(=C)c2=C1.C[Si](C)=[Zr+2].[Cl-].[Cl-].c1cc[cH-]c1. The van der Waals surface area contributed by atoms with Crippen molar-refractivity contribution in [3.63, 3.8) is 0 Å². The van der Waals surface area contributed by atoms with Gasteiger partial charge in [-0.1, -0.05) is 29.1 Å². The van der Waals surface area contributed by atoms with Crippen LogP contribution in [0.1, 0.15) is 0 Å². The van der Waals surface area contributed by atoms with Gasteiger partial charge >= 0.3 is 41.9 Å². The van der Waals surface area contributed by atoms with Crippen molar-refractivity contribution in [3.05, 3.63) is 75.5 Å². The summed E-state index contributed by atoms with van der Waals surface area (Å²) in [5.74, 6) is 0. The Bertz CT molecular complexity index is 765. The molecule has 120 valence electrons. The summed E-state index contributed by atoms with van der Waals surface area (Å²) in [6.07, 6.45) is 5.15. The van der Waals surface area contributed by atoms with Gasteiger partial charge < -0.3 is 24.8 Å². The molecule has 1 aliphatic carbocycles. The summed E-state index contributed by atoms with van der Waals surface area (Å²) < 4.78 is 0. The summed E-state index contributed by atoms with van der Waals surface area (Å²) in [6, 6.07) is 13.9. The monoisotopic (exact) mass is 436 g/mol. The van der Waals surface area contributed by atoms with Gasteiger partial charge in [0.2, 0.25) is 0 Å². The molecular formula is C19H20Cl2SiZr-2. The molecule has 0 radical (unpaired) electrons. The molecule has 0 atom stereocenters. The number of hydrogen-bond acceptors (Lipinski definition) is 0. The van der Waals surface area contributed by atoms with Gasteiger partial charge in [-0.2, -0.15) is 24.8 Å². The van der Waals surface area contributed by atoms with Crippen molar-refractivity contribution in [3.8, 4) is 0 Å². The normalized spacial score (nSPS) is 10.0. The zero-order chi connectivity index (χ0) is 15.8. The first-order chi connectivity index (χ1) is 9.91. The van der Waals surface area contributed by atoms with Gasteiger partial charge in [0.15, 0.2) is 0 Å². The molecule has 0 heterocycles. The van der Waals surface area contributed by atoms with Crippen LogP contribution in [0.2, 0.25) is 13.1 Å². The molecule has 0 N–H and O–H groups in total. The molecule has 23 heavy (non-hydrogen) atoms. The zero-order valence-electron chi connectivity index (χ0n) is 13.5. The summed E-state index contributed by atoms with van der Waals surface area (Å²) in [5, 5.41) is 4.18. The Balaban J connectivity index is 0. The summed E-state index contributed by atoms with van der Waals surface area (Å²) in [7, 11) is 0. The van der Waals surface area contributed by atoms with Crippen LogP contribution in [0.4, 0.5) is 0 Å². The van der Waals surface area contributed by atoms with E-state index in [0.717, 1.165) is 26.4 Å². The third-order valence-electron chi connectivity index (χ3n) is 2.58. The first-order valence-electron chi connectivity index (χ1n) is 6.72. The van der Waals surface area contributed by atoms with Gasteiger partial charge in [-0.25, -0.2) is 12.1 Å². The maximum Gasteiger partial charge on any atom is -0.172 e. The molecule has 0 amide bonds. The largest absolute Gasteiger partial charge is 1.00 e. The Kier molecular flexibility index (Phi) is 13.8. The fourth-order valence-corrected chi connectivity index (χ4v) is 1.71. The van der Waals surface area contributed by atoms with E-state index in [9.17, 15) is 0 Å². The van der Waals surface area contributed by atoms with Gasteiger partial charge in [-0.3, -0.25) is 0 Å². The van der Waals surface area contributed by atoms with Gasteiger partial charge in [0.05, 0.1) is 0 Å². The van der Waals surface area contributed by atoms with Crippen LogP contribution in [0.5, 0.6) is 0 Å². The van der Waals surface area contributed by atoms with E-state index in [-0.39, 0.29) is 30.2 Å². The van der Waals surface area contributed by atoms with E-state index in [4.69, 9.17) is 0 Å². The van der Waals surface area contributed by atoms with Gasteiger partial charge in [-0.15, -0.1) is 34.7 Å². The van der Waals surface area contributed by atoms with E-state index in [1.54, 1.807) is 23.3 Å². The van der Waals surface area contributed by atoms with Gasteiger partial charge in [0.1, 0.15) is 0 Å². The second-order valence-corrected chi connectivity index (χ2v) is 14.3. The first-order valence-corrected chi connectivity index (χ1v) is 12.9. The van der Waals surface area contributed by atoms with E-state index in [1.807, 2.05) is 48.5 Å². The summed E-state index contributed by atoms with van der Waals surface area (Å²) in [4.78, 5) is 0. The number of rotatable bonds is 0. The Morgan fingerprint density at radius 2 is 1.48 bits per heavy atom. The Labute approximate surface area is 166 Å². The number of benzene rings is 1. The van der Waals surface area contributed by atoms with Crippen LogP contribution < -0.4 is 45.7 Å². The van der Waals surface area contributed by atoms with Crippen LogP contribution >= 0.6 is 0 Å². The molecule has 0 spiro atoms. The Hall–Kier alpha value is -0.530. The molecule has 0 aromatic heterocycles. The molecule has 0 saturated carbocycles. The van der Waals surface area contributed by atoms with Crippen molar-refractivity contribution in [2.24, 2.45) is 0 Å². The molecule has 0 aliphatic heterocycles. The number of hydrogen-bond donors (Lipinski definition) is 0. The standard InChI is InChI=1S/C12H9.C5H5.C2H6Si.2ClH.Zr/c1-8-6-11-9(2)4-5-10(3)12(11)7-8;1-2-4-5-3-1;1-3-2;;;/h4-6H,1-3H2;1-5H;1-2H3;2*1H;/q2*-1;;;;+2/p-2. The molecule has 3 rings (SSSR count). The second kappa shape index (κ2) is 12.8. The molecule has 2 aromatic carbocycles. The second-order valence-electron chi connectivity index (χ2n) is 4.93. The molecule has 4 heteroatoms. The van der Waals surface area contributed by atoms with E-state index >= 15 is 0 Å². The van der Waals surface area contributed by atoms with Crippen molar-refractivity contribution < 1.29 is 48.1 Å². The smallest absolute Gasteiger partial charge is 0.172 e. The van der Waals surface area contributed by atoms with E-state index in [2.05, 4.69) is 38.9 Å². The number of fused-ring (bicyclic) bond motifs is 1. The summed E-state index contributed by atoms with van der Waals surface area (Å²) >= 11 is 1.74. The third kappa shape index (κ3) is 9.37. The van der Waals surface area contributed by atoms with Gasteiger partial charge in [-0.05, 0) is 0 Å². The predicted octanol–water partition coefficient (Wildman–Crippen LogP) is -4.29. The fraction of sp³-hybridized carbons (Fsp3) is 0.105. The molecule has 0 saturated heterocycles. The molecule has 1 aliphatic rings. The Morgan fingerprint density at radius 3 is 1.87 bits per heavy atom. The van der Waals surface area contributed by atoms with Crippen LogP contribution in [0.15, 0.2) is 54.6 Å². The quantitative estimate of drug-likeness (QED) is 0.289. The average molecular weight is 439 g/mol. The minimum absolute atomic E-state index is 0. The zero-order valence-corrected chi connectivity index (χ0v) is 18.5. The molecular weight excluding hydrogens is 418 g/mol. The van der Waals surface area contributed by atoms with Crippen LogP contribution in [0.3, 0.4) is 0 Å². The van der Waals surface area contributed by atoms with Crippen LogP contribution in [-0.4, -0.2) is 5.43 Å². The van der Waals surface area contributed by atoms with Gasteiger partial charge in [0.25, 0.3) is 0 Å².